The summed E-state index contributed by atoms with van der Waals surface area (Å²) in [5, 5.41) is 11.6. The summed E-state index contributed by atoms with van der Waals surface area (Å²) in [7, 11) is 1.87. The summed E-state index contributed by atoms with van der Waals surface area (Å²) in [6, 6.07) is 1.91. The summed E-state index contributed by atoms with van der Waals surface area (Å²) < 4.78 is 3.63. The van der Waals surface area contributed by atoms with Crippen LogP contribution in [0.1, 0.15) is 5.69 Å². The van der Waals surface area contributed by atoms with Crippen molar-refractivity contribution in [3.05, 3.63) is 24.2 Å². The van der Waals surface area contributed by atoms with E-state index in [4.69, 9.17) is 5.73 Å². The lowest BCUT2D eigenvalue weighted by atomic mass is 10.4. The largest absolute Gasteiger partial charge is 0.394 e. The Morgan fingerprint density at radius 2 is 2.31 bits per heavy atom. The lowest BCUT2D eigenvalue weighted by Gasteiger charge is -2.07. The lowest BCUT2D eigenvalue weighted by Crippen LogP contribution is -2.13. The van der Waals surface area contributed by atoms with Crippen LogP contribution in [0.2, 0.25) is 0 Å². The maximum Gasteiger partial charge on any atom is 0.147 e. The molecule has 0 amide bonds. The zero-order valence-corrected chi connectivity index (χ0v) is 9.51. The number of nitrogens with one attached hydrogen (secondary N) is 1. The molecule has 0 saturated carbocycles. The topological polar surface area (TPSA) is 73.7 Å². The fourth-order valence-electron chi connectivity index (χ4n) is 1.61. The molecule has 3 N–H and O–H groups in total. The summed E-state index contributed by atoms with van der Waals surface area (Å²) in [6.45, 7) is 3.47. The Labute approximate surface area is 94.1 Å². The maximum atomic E-state index is 5.89. The van der Waals surface area contributed by atoms with Gasteiger partial charge < -0.3 is 11.1 Å². The first-order valence-corrected chi connectivity index (χ1v) is 5.19. The van der Waals surface area contributed by atoms with E-state index < -0.39 is 0 Å². The van der Waals surface area contributed by atoms with Crippen molar-refractivity contribution in [1.29, 1.82) is 0 Å². The Morgan fingerprint density at radius 1 is 1.50 bits per heavy atom. The van der Waals surface area contributed by atoms with E-state index in [2.05, 4.69) is 15.5 Å². The average Bonchev–Trinajstić information content (AvgIpc) is 2.82. The standard InChI is InChI=1S/C10H16N6/c1-8-9(11)10(15(2)14-8)12-5-7-16-6-3-4-13-16/h3-4,6,12H,5,7,11H2,1-2H3. The van der Waals surface area contributed by atoms with Crippen LogP contribution < -0.4 is 11.1 Å². The normalized spacial score (nSPS) is 10.6. The highest BCUT2D eigenvalue weighted by Crippen LogP contribution is 2.20. The van der Waals surface area contributed by atoms with Crippen LogP contribution in [0.25, 0.3) is 0 Å². The smallest absolute Gasteiger partial charge is 0.147 e. The summed E-state index contributed by atoms with van der Waals surface area (Å²) in [4.78, 5) is 0. The molecule has 0 radical (unpaired) electrons. The molecule has 2 rings (SSSR count). The minimum Gasteiger partial charge on any atom is -0.394 e. The number of nitrogen functional groups attached to an aromatic ring is 1. The predicted molar refractivity (Wildman–Crippen MR) is 63.1 cm³/mol. The third-order valence-electron chi connectivity index (χ3n) is 2.46. The van der Waals surface area contributed by atoms with Crippen molar-refractivity contribution in [1.82, 2.24) is 19.6 Å². The lowest BCUT2D eigenvalue weighted by molar-refractivity contribution is 0.633. The molecule has 2 heterocycles. The molecule has 0 fully saturated rings. The van der Waals surface area contributed by atoms with Crippen molar-refractivity contribution >= 4 is 11.5 Å². The van der Waals surface area contributed by atoms with Gasteiger partial charge in [0.2, 0.25) is 0 Å². The van der Waals surface area contributed by atoms with Gasteiger partial charge in [0.05, 0.1) is 17.9 Å². The van der Waals surface area contributed by atoms with Crippen LogP contribution in [0.15, 0.2) is 18.5 Å². The number of anilines is 2. The number of hydrogen-bond acceptors (Lipinski definition) is 4. The van der Waals surface area contributed by atoms with Crippen molar-refractivity contribution in [2.75, 3.05) is 17.6 Å². The van der Waals surface area contributed by atoms with Crippen molar-refractivity contribution in [2.24, 2.45) is 7.05 Å². The highest BCUT2D eigenvalue weighted by Gasteiger charge is 2.08. The van der Waals surface area contributed by atoms with Crippen LogP contribution in [0.3, 0.4) is 0 Å². The van der Waals surface area contributed by atoms with E-state index in [9.17, 15) is 0 Å². The first-order valence-electron chi connectivity index (χ1n) is 5.19. The van der Waals surface area contributed by atoms with E-state index in [1.807, 2.05) is 30.9 Å². The van der Waals surface area contributed by atoms with Gasteiger partial charge in [0, 0.05) is 26.0 Å². The van der Waals surface area contributed by atoms with Gasteiger partial charge in [0.25, 0.3) is 0 Å². The van der Waals surface area contributed by atoms with Gasteiger partial charge in [-0.05, 0) is 13.0 Å². The van der Waals surface area contributed by atoms with Crippen molar-refractivity contribution < 1.29 is 0 Å². The van der Waals surface area contributed by atoms with Crippen LogP contribution >= 0.6 is 0 Å². The quantitative estimate of drug-likeness (QED) is 0.792. The van der Waals surface area contributed by atoms with Gasteiger partial charge in [-0.3, -0.25) is 9.36 Å². The Balaban J connectivity index is 1.95. The van der Waals surface area contributed by atoms with Gasteiger partial charge in [-0.15, -0.1) is 0 Å². The molecule has 0 atom stereocenters. The molecule has 2 aromatic heterocycles. The van der Waals surface area contributed by atoms with Gasteiger partial charge in [-0.25, -0.2) is 0 Å². The molecule has 86 valence electrons. The predicted octanol–water partition coefficient (Wildman–Crippen LogP) is 0.619. The van der Waals surface area contributed by atoms with Crippen molar-refractivity contribution in [2.45, 2.75) is 13.5 Å². The molecule has 0 aliphatic rings. The van der Waals surface area contributed by atoms with E-state index in [0.717, 1.165) is 24.6 Å². The van der Waals surface area contributed by atoms with Crippen LogP contribution in [0, 0.1) is 6.92 Å². The zero-order valence-electron chi connectivity index (χ0n) is 9.51. The van der Waals surface area contributed by atoms with Gasteiger partial charge in [-0.2, -0.15) is 10.2 Å². The molecule has 2 aromatic rings. The highest BCUT2D eigenvalue weighted by atomic mass is 15.3. The molecule has 0 spiro atoms. The molecule has 0 aliphatic carbocycles. The Hall–Kier alpha value is -1.98. The molecule has 0 aliphatic heterocycles. The Morgan fingerprint density at radius 3 is 2.88 bits per heavy atom. The highest BCUT2D eigenvalue weighted by molar-refractivity contribution is 5.64. The van der Waals surface area contributed by atoms with Gasteiger partial charge in [-0.1, -0.05) is 0 Å². The molecule has 16 heavy (non-hydrogen) atoms. The van der Waals surface area contributed by atoms with E-state index in [1.54, 1.807) is 10.9 Å². The molecule has 0 saturated heterocycles. The summed E-state index contributed by atoms with van der Waals surface area (Å²) in [5.41, 5.74) is 7.46. The fourth-order valence-corrected chi connectivity index (χ4v) is 1.61. The van der Waals surface area contributed by atoms with Gasteiger partial charge in [0.1, 0.15) is 5.82 Å². The van der Waals surface area contributed by atoms with Crippen LogP contribution in [-0.2, 0) is 13.6 Å². The van der Waals surface area contributed by atoms with Crippen molar-refractivity contribution in [3.8, 4) is 0 Å². The second-order valence-corrected chi connectivity index (χ2v) is 3.67. The molecule has 0 bridgehead atoms. The van der Waals surface area contributed by atoms with Gasteiger partial charge >= 0.3 is 0 Å². The van der Waals surface area contributed by atoms with E-state index in [1.165, 1.54) is 0 Å². The third-order valence-corrected chi connectivity index (χ3v) is 2.46. The molecular formula is C10H16N6. The number of aromatic nitrogens is 4. The van der Waals surface area contributed by atoms with E-state index in [-0.39, 0.29) is 0 Å². The molecule has 6 nitrogen and oxygen atoms in total. The number of rotatable bonds is 4. The fraction of sp³-hybridized carbons (Fsp3) is 0.400. The van der Waals surface area contributed by atoms with Crippen molar-refractivity contribution in [3.63, 3.8) is 0 Å². The van der Waals surface area contributed by atoms with E-state index in [0.29, 0.717) is 5.69 Å². The van der Waals surface area contributed by atoms with Gasteiger partial charge in [0.15, 0.2) is 0 Å². The molecule has 6 heteroatoms. The van der Waals surface area contributed by atoms with E-state index >= 15 is 0 Å². The maximum absolute atomic E-state index is 5.89. The summed E-state index contributed by atoms with van der Waals surface area (Å²) in [5.74, 6) is 0.865. The summed E-state index contributed by atoms with van der Waals surface area (Å²) in [6.07, 6.45) is 3.70. The summed E-state index contributed by atoms with van der Waals surface area (Å²) >= 11 is 0. The second kappa shape index (κ2) is 4.26. The average molecular weight is 220 g/mol. The third kappa shape index (κ3) is 2.00. The minimum atomic E-state index is 0.711. The molecular weight excluding hydrogens is 204 g/mol. The van der Waals surface area contributed by atoms with Crippen LogP contribution in [-0.4, -0.2) is 26.1 Å². The zero-order chi connectivity index (χ0) is 11.5. The number of nitrogens with two attached hydrogens (primary N) is 1. The Bertz CT molecular complexity index is 456. The molecule has 0 unspecified atom stereocenters. The first-order chi connectivity index (χ1) is 7.68. The second-order valence-electron chi connectivity index (χ2n) is 3.67. The number of hydrogen-bond donors (Lipinski definition) is 2. The molecule has 0 aromatic carbocycles. The first kappa shape index (κ1) is 10.5. The number of aryl methyl sites for hydroxylation is 2. The monoisotopic (exact) mass is 220 g/mol. The SMILES string of the molecule is Cc1nn(C)c(NCCn2cccn2)c1N. The Kier molecular flexibility index (Phi) is 2.80. The van der Waals surface area contributed by atoms with Crippen LogP contribution in [0.5, 0.6) is 0 Å². The van der Waals surface area contributed by atoms with Crippen LogP contribution in [0.4, 0.5) is 11.5 Å². The minimum absolute atomic E-state index is 0.711. The number of nitrogens with zero attached hydrogens (tertiary/aromatic N) is 4.